The van der Waals surface area contributed by atoms with Crippen LogP contribution in [-0.4, -0.2) is 21.9 Å². The van der Waals surface area contributed by atoms with Crippen LogP contribution < -0.4 is 4.74 Å². The number of hydrogen-bond donors (Lipinski definition) is 0. The third-order valence-corrected chi connectivity index (χ3v) is 6.42. The van der Waals surface area contributed by atoms with Crippen LogP contribution in [0, 0.1) is 0 Å². The molecule has 0 atom stereocenters. The van der Waals surface area contributed by atoms with Gasteiger partial charge in [0.2, 0.25) is 0 Å². The van der Waals surface area contributed by atoms with Crippen LogP contribution in [0.5, 0.6) is 5.75 Å². The minimum absolute atomic E-state index is 0.0731. The Labute approximate surface area is 183 Å². The minimum Gasteiger partial charge on any atom is -0.489 e. The maximum absolute atomic E-state index is 11.9. The van der Waals surface area contributed by atoms with Crippen molar-refractivity contribution in [2.24, 2.45) is 0 Å². The number of aromatic nitrogens is 2. The Hall–Kier alpha value is -3.14. The van der Waals surface area contributed by atoms with Crippen LogP contribution in [0.25, 0.3) is 22.4 Å². The van der Waals surface area contributed by atoms with Gasteiger partial charge in [0.1, 0.15) is 18.2 Å². The minimum atomic E-state index is 0.0731. The molecule has 158 valence electrons. The topological polar surface area (TPSA) is 44.1 Å². The first-order valence-corrected chi connectivity index (χ1v) is 11.3. The van der Waals surface area contributed by atoms with Crippen LogP contribution in [0.1, 0.15) is 61.8 Å². The number of ether oxygens (including phenoxy) is 1. The lowest BCUT2D eigenvalue weighted by Gasteiger charge is -2.17. The lowest BCUT2D eigenvalue weighted by molar-refractivity contribution is 0.101. The first-order valence-electron chi connectivity index (χ1n) is 11.3. The van der Waals surface area contributed by atoms with Gasteiger partial charge in [-0.05, 0) is 80.6 Å². The number of carbonyl (C=O) groups excluding carboxylic acids is 1. The van der Waals surface area contributed by atoms with E-state index in [9.17, 15) is 4.79 Å². The molecule has 3 aromatic rings. The summed E-state index contributed by atoms with van der Waals surface area (Å²) in [6.45, 7) is 2.24. The summed E-state index contributed by atoms with van der Waals surface area (Å²) in [4.78, 5) is 16.8. The van der Waals surface area contributed by atoms with Crippen molar-refractivity contribution in [3.63, 3.8) is 0 Å². The summed E-state index contributed by atoms with van der Waals surface area (Å²) in [6, 6.07) is 14.6. The highest BCUT2D eigenvalue weighted by Gasteiger charge is 2.23. The van der Waals surface area contributed by atoms with Gasteiger partial charge in [0.15, 0.2) is 5.78 Å². The molecule has 0 bridgehead atoms. The Bertz CT molecular complexity index is 1160. The van der Waals surface area contributed by atoms with Crippen LogP contribution >= 0.6 is 0 Å². The Kier molecular flexibility index (Phi) is 5.46. The molecule has 1 aromatic heterocycles. The molecule has 1 fully saturated rings. The smallest absolute Gasteiger partial charge is 0.159 e. The molecule has 2 aliphatic rings. The molecule has 2 aromatic carbocycles. The highest BCUT2D eigenvalue weighted by molar-refractivity contribution is 5.97. The van der Waals surface area contributed by atoms with Gasteiger partial charge in [-0.3, -0.25) is 4.79 Å². The van der Waals surface area contributed by atoms with Crippen molar-refractivity contribution in [1.29, 1.82) is 0 Å². The highest BCUT2D eigenvalue weighted by Crippen LogP contribution is 2.37. The van der Waals surface area contributed by atoms with Crippen LogP contribution in [0.4, 0.5) is 0 Å². The summed E-state index contributed by atoms with van der Waals surface area (Å²) in [6.07, 6.45) is 13.5. The Morgan fingerprint density at radius 2 is 1.94 bits per heavy atom. The molecule has 5 rings (SSSR count). The van der Waals surface area contributed by atoms with Crippen molar-refractivity contribution >= 4 is 16.8 Å². The van der Waals surface area contributed by atoms with Crippen molar-refractivity contribution in [2.45, 2.75) is 51.5 Å². The Morgan fingerprint density at radius 1 is 1.13 bits per heavy atom. The second kappa shape index (κ2) is 8.54. The molecule has 1 saturated carbocycles. The highest BCUT2D eigenvalue weighted by atomic mass is 16.5. The van der Waals surface area contributed by atoms with Crippen molar-refractivity contribution in [1.82, 2.24) is 9.55 Å². The summed E-state index contributed by atoms with van der Waals surface area (Å²) in [5.41, 5.74) is 5.14. The van der Waals surface area contributed by atoms with E-state index >= 15 is 0 Å². The summed E-state index contributed by atoms with van der Waals surface area (Å²) in [5.74, 6) is 1.93. The summed E-state index contributed by atoms with van der Waals surface area (Å²) < 4.78 is 8.39. The van der Waals surface area contributed by atoms with Gasteiger partial charge in [0.05, 0.1) is 11.0 Å². The molecule has 0 N–H and O–H groups in total. The Morgan fingerprint density at radius 3 is 2.65 bits per heavy atom. The number of hydrogen-bond acceptors (Lipinski definition) is 3. The van der Waals surface area contributed by atoms with E-state index in [0.717, 1.165) is 41.0 Å². The van der Waals surface area contributed by atoms with Gasteiger partial charge in [0, 0.05) is 17.2 Å². The number of benzene rings is 2. The third-order valence-electron chi connectivity index (χ3n) is 6.42. The van der Waals surface area contributed by atoms with E-state index in [4.69, 9.17) is 9.72 Å². The van der Waals surface area contributed by atoms with Gasteiger partial charge in [-0.2, -0.15) is 0 Å². The van der Waals surface area contributed by atoms with Crippen LogP contribution in [0.15, 0.2) is 66.3 Å². The van der Waals surface area contributed by atoms with Gasteiger partial charge in [-0.25, -0.2) is 4.98 Å². The molecule has 0 spiro atoms. The van der Waals surface area contributed by atoms with E-state index in [0.29, 0.717) is 18.2 Å². The summed E-state index contributed by atoms with van der Waals surface area (Å²) >= 11 is 0. The summed E-state index contributed by atoms with van der Waals surface area (Å²) in [7, 11) is 0. The predicted molar refractivity (Wildman–Crippen MR) is 125 cm³/mol. The monoisotopic (exact) mass is 412 g/mol. The first kappa shape index (κ1) is 19.8. The standard InChI is InChI=1S/C27H28N2O2/c1-19(30)22-13-16-26-25(17-22)28-27(29(26)23-9-5-6-10-23)21-11-14-24(15-12-21)31-18-20-7-3-2-4-8-20/h2-3,7,11-17,23H,4-6,8-10,18H2,1H3. The molecule has 0 unspecified atom stereocenters. The SMILES string of the molecule is CC(=O)c1ccc2c(c1)nc(-c1ccc(OCC3=CC=CCC3)cc1)n2C1CCCC1. The predicted octanol–water partition coefficient (Wildman–Crippen LogP) is 6.68. The zero-order chi connectivity index (χ0) is 21.2. The third kappa shape index (κ3) is 4.07. The second-order valence-electron chi connectivity index (χ2n) is 8.61. The van der Waals surface area contributed by atoms with Crippen molar-refractivity contribution in [2.75, 3.05) is 6.61 Å². The van der Waals surface area contributed by atoms with Gasteiger partial charge >= 0.3 is 0 Å². The molecule has 0 aliphatic heterocycles. The zero-order valence-corrected chi connectivity index (χ0v) is 18.0. The zero-order valence-electron chi connectivity index (χ0n) is 18.0. The van der Waals surface area contributed by atoms with E-state index in [1.165, 1.54) is 31.3 Å². The number of carbonyl (C=O) groups is 1. The van der Waals surface area contributed by atoms with Crippen molar-refractivity contribution in [3.8, 4) is 17.1 Å². The average molecular weight is 413 g/mol. The fraction of sp³-hybridized carbons (Fsp3) is 0.333. The summed E-state index contributed by atoms with van der Waals surface area (Å²) in [5, 5.41) is 0. The fourth-order valence-corrected chi connectivity index (χ4v) is 4.70. The van der Waals surface area contributed by atoms with Gasteiger partial charge in [-0.15, -0.1) is 0 Å². The number of allylic oxidation sites excluding steroid dienone is 3. The normalized spacial score (nSPS) is 16.6. The Balaban J connectivity index is 1.46. The number of Topliss-reactive ketones (excluding diaryl/α,β-unsaturated/α-hetero) is 1. The van der Waals surface area contributed by atoms with Crippen molar-refractivity contribution in [3.05, 3.63) is 71.8 Å². The van der Waals surface area contributed by atoms with Crippen LogP contribution in [0.3, 0.4) is 0 Å². The second-order valence-corrected chi connectivity index (χ2v) is 8.61. The van der Waals surface area contributed by atoms with E-state index < -0.39 is 0 Å². The maximum Gasteiger partial charge on any atom is 0.159 e. The molecule has 4 heteroatoms. The number of imidazole rings is 1. The number of rotatable bonds is 6. The van der Waals surface area contributed by atoms with Crippen LogP contribution in [0.2, 0.25) is 0 Å². The molecule has 2 aliphatic carbocycles. The molecule has 4 nitrogen and oxygen atoms in total. The molecular weight excluding hydrogens is 384 g/mol. The molecule has 0 radical (unpaired) electrons. The maximum atomic E-state index is 11.9. The van der Waals surface area contributed by atoms with Gasteiger partial charge < -0.3 is 9.30 Å². The molecule has 1 heterocycles. The largest absolute Gasteiger partial charge is 0.489 e. The average Bonchev–Trinajstić information content (AvgIpc) is 3.46. The molecule has 0 amide bonds. The fourth-order valence-electron chi connectivity index (χ4n) is 4.70. The van der Waals surface area contributed by atoms with Gasteiger partial charge in [-0.1, -0.05) is 31.1 Å². The number of ketones is 1. The van der Waals surface area contributed by atoms with E-state index in [1.54, 1.807) is 6.92 Å². The van der Waals surface area contributed by atoms with E-state index in [-0.39, 0.29) is 5.78 Å². The lowest BCUT2D eigenvalue weighted by Crippen LogP contribution is -2.07. The lowest BCUT2D eigenvalue weighted by atomic mass is 10.1. The number of fused-ring (bicyclic) bond motifs is 1. The van der Waals surface area contributed by atoms with Crippen molar-refractivity contribution < 1.29 is 9.53 Å². The molecule has 31 heavy (non-hydrogen) atoms. The molecule has 0 saturated heterocycles. The van der Waals surface area contributed by atoms with E-state index in [2.05, 4.69) is 41.0 Å². The van der Waals surface area contributed by atoms with E-state index in [1.807, 2.05) is 24.3 Å². The quantitative estimate of drug-likeness (QED) is 0.424. The molecular formula is C27H28N2O2. The first-order chi connectivity index (χ1) is 15.2. The van der Waals surface area contributed by atoms with Gasteiger partial charge in [0.25, 0.3) is 0 Å². The number of nitrogens with zero attached hydrogens (tertiary/aromatic N) is 2. The van der Waals surface area contributed by atoms with Crippen LogP contribution in [-0.2, 0) is 0 Å².